The predicted molar refractivity (Wildman–Crippen MR) is 106 cm³/mol. The lowest BCUT2D eigenvalue weighted by Crippen LogP contribution is -2.19. The number of rotatable bonds is 19. The number of carbonyl (C=O) groups is 1. The summed E-state index contributed by atoms with van der Waals surface area (Å²) in [7, 11) is 0. The van der Waals surface area contributed by atoms with Crippen molar-refractivity contribution in [3.8, 4) is 0 Å². The summed E-state index contributed by atoms with van der Waals surface area (Å²) in [6.45, 7) is 6.93. The maximum Gasteiger partial charge on any atom is 0.305 e. The first kappa shape index (κ1) is 24.4. The summed E-state index contributed by atoms with van der Waals surface area (Å²) in [6, 6.07) is 0. The number of carbonyl (C=O) groups excluding carboxylic acids is 1. The van der Waals surface area contributed by atoms with Crippen LogP contribution in [0.15, 0.2) is 0 Å². The summed E-state index contributed by atoms with van der Waals surface area (Å²) >= 11 is 0. The molecule has 0 atom stereocenters. The first-order valence-corrected chi connectivity index (χ1v) is 10.6. The highest BCUT2D eigenvalue weighted by Crippen LogP contribution is 2.12. The SMILES string of the molecule is CC(C)CCCCCCCCCCOC(=O)CCCCCNCCO. The largest absolute Gasteiger partial charge is 0.466 e. The van der Waals surface area contributed by atoms with E-state index in [1.54, 1.807) is 0 Å². The zero-order valence-corrected chi connectivity index (χ0v) is 16.9. The van der Waals surface area contributed by atoms with E-state index in [0.717, 1.165) is 38.1 Å². The zero-order chi connectivity index (χ0) is 18.6. The number of hydrogen-bond acceptors (Lipinski definition) is 4. The number of unbranched alkanes of at least 4 members (excludes halogenated alkanes) is 9. The van der Waals surface area contributed by atoms with Gasteiger partial charge in [-0.05, 0) is 31.7 Å². The Morgan fingerprint density at radius 3 is 2.08 bits per heavy atom. The highest BCUT2D eigenvalue weighted by atomic mass is 16.5. The Hall–Kier alpha value is -0.610. The molecule has 0 spiro atoms. The summed E-state index contributed by atoms with van der Waals surface area (Å²) in [4.78, 5) is 11.6. The topological polar surface area (TPSA) is 58.6 Å². The average molecular weight is 358 g/mol. The second-order valence-corrected chi connectivity index (χ2v) is 7.52. The Balaban J connectivity index is 3.14. The Morgan fingerprint density at radius 1 is 0.840 bits per heavy atom. The molecule has 25 heavy (non-hydrogen) atoms. The Labute approximate surface area is 156 Å². The monoisotopic (exact) mass is 357 g/mol. The van der Waals surface area contributed by atoms with Crippen molar-refractivity contribution in [2.75, 3.05) is 26.3 Å². The van der Waals surface area contributed by atoms with Crippen LogP contribution in [0.4, 0.5) is 0 Å². The molecule has 0 bridgehead atoms. The van der Waals surface area contributed by atoms with Gasteiger partial charge in [0.1, 0.15) is 0 Å². The normalized spacial score (nSPS) is 11.2. The first-order chi connectivity index (χ1) is 12.2. The van der Waals surface area contributed by atoms with Crippen LogP contribution in [-0.4, -0.2) is 37.4 Å². The van der Waals surface area contributed by atoms with E-state index in [4.69, 9.17) is 9.84 Å². The molecule has 2 N–H and O–H groups in total. The minimum atomic E-state index is -0.0477. The summed E-state index contributed by atoms with van der Waals surface area (Å²) < 4.78 is 5.28. The van der Waals surface area contributed by atoms with Crippen molar-refractivity contribution in [1.29, 1.82) is 0 Å². The highest BCUT2D eigenvalue weighted by molar-refractivity contribution is 5.69. The third-order valence-corrected chi connectivity index (χ3v) is 4.46. The summed E-state index contributed by atoms with van der Waals surface area (Å²) in [5.74, 6) is 0.796. The summed E-state index contributed by atoms with van der Waals surface area (Å²) in [5.41, 5.74) is 0. The first-order valence-electron chi connectivity index (χ1n) is 10.6. The number of aliphatic hydroxyl groups excluding tert-OH is 1. The fraction of sp³-hybridized carbons (Fsp3) is 0.952. The van der Waals surface area contributed by atoms with Crippen molar-refractivity contribution in [1.82, 2.24) is 5.32 Å². The van der Waals surface area contributed by atoms with Crippen LogP contribution < -0.4 is 5.32 Å². The van der Waals surface area contributed by atoms with Gasteiger partial charge in [0.05, 0.1) is 13.2 Å². The van der Waals surface area contributed by atoms with Gasteiger partial charge in [0, 0.05) is 13.0 Å². The zero-order valence-electron chi connectivity index (χ0n) is 16.9. The molecule has 0 saturated carbocycles. The molecule has 0 saturated heterocycles. The summed E-state index contributed by atoms with van der Waals surface area (Å²) in [5, 5.41) is 11.8. The van der Waals surface area contributed by atoms with Crippen molar-refractivity contribution >= 4 is 5.97 Å². The third-order valence-electron chi connectivity index (χ3n) is 4.46. The third kappa shape index (κ3) is 21.3. The molecule has 0 aromatic heterocycles. The van der Waals surface area contributed by atoms with Crippen LogP contribution in [-0.2, 0) is 9.53 Å². The predicted octanol–water partition coefficient (Wildman–Crippen LogP) is 4.84. The lowest BCUT2D eigenvalue weighted by Gasteiger charge is -2.06. The van der Waals surface area contributed by atoms with E-state index >= 15 is 0 Å². The molecule has 0 fully saturated rings. The van der Waals surface area contributed by atoms with Gasteiger partial charge in [-0.2, -0.15) is 0 Å². The minimum absolute atomic E-state index is 0.0477. The molecule has 0 aromatic carbocycles. The van der Waals surface area contributed by atoms with E-state index in [-0.39, 0.29) is 12.6 Å². The van der Waals surface area contributed by atoms with Gasteiger partial charge in [0.2, 0.25) is 0 Å². The van der Waals surface area contributed by atoms with Crippen LogP contribution in [0.1, 0.15) is 97.3 Å². The second kappa shape index (κ2) is 19.7. The van der Waals surface area contributed by atoms with Crippen LogP contribution >= 0.6 is 0 Å². The number of aliphatic hydroxyl groups is 1. The van der Waals surface area contributed by atoms with E-state index in [0.29, 0.717) is 19.6 Å². The molecule has 0 amide bonds. The second-order valence-electron chi connectivity index (χ2n) is 7.52. The Bertz CT molecular complexity index is 282. The van der Waals surface area contributed by atoms with Gasteiger partial charge in [-0.15, -0.1) is 0 Å². The highest BCUT2D eigenvalue weighted by Gasteiger charge is 2.02. The molecule has 4 heteroatoms. The van der Waals surface area contributed by atoms with Gasteiger partial charge >= 0.3 is 5.97 Å². The average Bonchev–Trinajstić information content (AvgIpc) is 2.58. The van der Waals surface area contributed by atoms with E-state index in [1.807, 2.05) is 0 Å². The van der Waals surface area contributed by atoms with Crippen molar-refractivity contribution in [2.24, 2.45) is 5.92 Å². The molecule has 0 aromatic rings. The molecular formula is C21H43NO3. The molecule has 0 aliphatic rings. The van der Waals surface area contributed by atoms with E-state index in [1.165, 1.54) is 51.4 Å². The van der Waals surface area contributed by atoms with Crippen molar-refractivity contribution in [3.63, 3.8) is 0 Å². The Kier molecular flexibility index (Phi) is 19.2. The van der Waals surface area contributed by atoms with Crippen LogP contribution in [0.25, 0.3) is 0 Å². The van der Waals surface area contributed by atoms with Crippen molar-refractivity contribution in [2.45, 2.75) is 97.3 Å². The van der Waals surface area contributed by atoms with Crippen LogP contribution in [0.5, 0.6) is 0 Å². The van der Waals surface area contributed by atoms with Gasteiger partial charge < -0.3 is 15.2 Å². The molecule has 0 aliphatic heterocycles. The lowest BCUT2D eigenvalue weighted by atomic mass is 10.0. The van der Waals surface area contributed by atoms with Crippen molar-refractivity contribution in [3.05, 3.63) is 0 Å². The standard InChI is InChI=1S/C21H43NO3/c1-20(2)14-10-7-5-3-4-6-8-13-19-25-21(24)15-11-9-12-16-22-17-18-23/h20,22-23H,3-19H2,1-2H3. The van der Waals surface area contributed by atoms with Crippen LogP contribution in [0.2, 0.25) is 0 Å². The van der Waals surface area contributed by atoms with E-state index < -0.39 is 0 Å². The quantitative estimate of drug-likeness (QED) is 0.256. The number of hydrogen-bond donors (Lipinski definition) is 2. The number of esters is 1. The molecular weight excluding hydrogens is 314 g/mol. The maximum atomic E-state index is 11.6. The molecule has 4 nitrogen and oxygen atoms in total. The summed E-state index contributed by atoms with van der Waals surface area (Å²) in [6.07, 6.45) is 15.1. The fourth-order valence-electron chi connectivity index (χ4n) is 2.87. The smallest absolute Gasteiger partial charge is 0.305 e. The number of nitrogens with one attached hydrogen (secondary N) is 1. The van der Waals surface area contributed by atoms with Gasteiger partial charge in [0.15, 0.2) is 0 Å². The molecule has 0 aliphatic carbocycles. The van der Waals surface area contributed by atoms with Gasteiger partial charge in [-0.3, -0.25) is 4.79 Å². The molecule has 0 rings (SSSR count). The van der Waals surface area contributed by atoms with E-state index in [9.17, 15) is 4.79 Å². The molecule has 0 unspecified atom stereocenters. The fourth-order valence-corrected chi connectivity index (χ4v) is 2.87. The van der Waals surface area contributed by atoms with Crippen LogP contribution in [0.3, 0.4) is 0 Å². The van der Waals surface area contributed by atoms with Crippen molar-refractivity contribution < 1.29 is 14.6 Å². The molecule has 150 valence electrons. The lowest BCUT2D eigenvalue weighted by molar-refractivity contribution is -0.143. The molecule has 0 radical (unpaired) electrons. The van der Waals surface area contributed by atoms with Gasteiger partial charge in [-0.1, -0.05) is 71.6 Å². The molecule has 0 heterocycles. The maximum absolute atomic E-state index is 11.6. The van der Waals surface area contributed by atoms with Gasteiger partial charge in [0.25, 0.3) is 0 Å². The van der Waals surface area contributed by atoms with Crippen LogP contribution in [0, 0.1) is 5.92 Å². The Morgan fingerprint density at radius 2 is 1.44 bits per heavy atom. The van der Waals surface area contributed by atoms with E-state index in [2.05, 4.69) is 19.2 Å². The minimum Gasteiger partial charge on any atom is -0.466 e. The number of ether oxygens (including phenoxy) is 1. The van der Waals surface area contributed by atoms with Gasteiger partial charge in [-0.25, -0.2) is 0 Å².